The molecule has 35 heavy (non-hydrogen) atoms. The second-order valence-corrected chi connectivity index (χ2v) is 9.87. The van der Waals surface area contributed by atoms with Crippen LogP contribution in [-0.2, 0) is 22.4 Å². The van der Waals surface area contributed by atoms with Crippen LogP contribution in [0, 0.1) is 26.7 Å². The number of aromatic nitrogens is 1. The van der Waals surface area contributed by atoms with Gasteiger partial charge in [-0.25, -0.2) is 0 Å². The van der Waals surface area contributed by atoms with E-state index in [4.69, 9.17) is 0 Å². The Labute approximate surface area is 212 Å². The summed E-state index contributed by atoms with van der Waals surface area (Å²) in [5.74, 6) is -0.449. The number of H-pyrrole nitrogens is 1. The molecule has 0 radical (unpaired) electrons. The van der Waals surface area contributed by atoms with Crippen LogP contribution < -0.4 is 4.90 Å². The number of amides is 1. The first-order chi connectivity index (χ1) is 16.7. The van der Waals surface area contributed by atoms with E-state index in [0.29, 0.717) is 12.8 Å². The maximum Gasteiger partial charge on any atom is 0.230 e. The average Bonchev–Trinajstić information content (AvgIpc) is 3.16. The molecule has 180 valence electrons. The van der Waals surface area contributed by atoms with Crippen molar-refractivity contribution < 1.29 is 9.59 Å². The molecule has 4 nitrogen and oxygen atoms in total. The molecule has 5 heteroatoms. The minimum absolute atomic E-state index is 0.0613. The van der Waals surface area contributed by atoms with Gasteiger partial charge in [0.1, 0.15) is 5.78 Å². The third-order valence-electron chi connectivity index (χ3n) is 6.89. The average molecular weight is 485 g/mol. The molecule has 0 aliphatic heterocycles. The number of aromatic amines is 1. The summed E-state index contributed by atoms with van der Waals surface area (Å²) in [5, 5.41) is 1.07. The van der Waals surface area contributed by atoms with Gasteiger partial charge in [-0.3, -0.25) is 9.59 Å². The molecule has 1 N–H and O–H groups in total. The number of nitrogens with zero attached hydrogens (tertiary/aromatic N) is 1. The molecule has 4 aromatic rings. The number of rotatable bonds is 8. The van der Waals surface area contributed by atoms with Crippen LogP contribution in [0.5, 0.6) is 0 Å². The third-order valence-corrected chi connectivity index (χ3v) is 7.36. The number of Topliss-reactive ketones (excluding diaryl/α,β-unsaturated/α-hetero) is 1. The Morgan fingerprint density at radius 3 is 2.37 bits per heavy atom. The number of benzene rings is 3. The summed E-state index contributed by atoms with van der Waals surface area (Å²) in [5.41, 5.74) is 7.06. The van der Waals surface area contributed by atoms with Crippen LogP contribution in [-0.4, -0.2) is 23.7 Å². The van der Waals surface area contributed by atoms with Crippen LogP contribution >= 0.6 is 12.6 Å². The number of thiol groups is 1. The largest absolute Gasteiger partial charge is 0.358 e. The van der Waals surface area contributed by atoms with Crippen LogP contribution in [0.4, 0.5) is 5.69 Å². The molecule has 0 spiro atoms. The maximum absolute atomic E-state index is 13.7. The van der Waals surface area contributed by atoms with E-state index in [1.165, 1.54) is 0 Å². The second-order valence-electron chi connectivity index (χ2n) is 9.38. The van der Waals surface area contributed by atoms with E-state index < -0.39 is 5.92 Å². The first-order valence-electron chi connectivity index (χ1n) is 11.9. The van der Waals surface area contributed by atoms with Gasteiger partial charge >= 0.3 is 0 Å². The number of para-hydroxylation sites is 1. The highest BCUT2D eigenvalue weighted by molar-refractivity contribution is 7.80. The summed E-state index contributed by atoms with van der Waals surface area (Å²) in [6, 6.07) is 21.9. The number of carbonyl (C=O) groups is 2. The summed E-state index contributed by atoms with van der Waals surface area (Å²) in [7, 11) is 1.78. The summed E-state index contributed by atoms with van der Waals surface area (Å²) in [4.78, 5) is 32.9. The van der Waals surface area contributed by atoms with Crippen molar-refractivity contribution in [3.63, 3.8) is 0 Å². The van der Waals surface area contributed by atoms with Crippen LogP contribution in [0.1, 0.15) is 34.4 Å². The number of hydrogen-bond donors (Lipinski definition) is 2. The lowest BCUT2D eigenvalue weighted by molar-refractivity contribution is -0.127. The molecule has 1 atom stereocenters. The van der Waals surface area contributed by atoms with E-state index in [1.807, 2.05) is 87.5 Å². The molecule has 0 saturated heterocycles. The number of fused-ring (bicyclic) bond motifs is 1. The van der Waals surface area contributed by atoms with Crippen molar-refractivity contribution in [2.75, 3.05) is 11.9 Å². The normalized spacial score (nSPS) is 12.0. The van der Waals surface area contributed by atoms with Gasteiger partial charge in [0, 0.05) is 53.0 Å². The van der Waals surface area contributed by atoms with E-state index in [9.17, 15) is 9.59 Å². The second kappa shape index (κ2) is 10.5. The summed E-state index contributed by atoms with van der Waals surface area (Å²) in [6.07, 6.45) is 1.01. The predicted octanol–water partition coefficient (Wildman–Crippen LogP) is 6.41. The van der Waals surface area contributed by atoms with Crippen LogP contribution in [0.15, 0.2) is 71.6 Å². The van der Waals surface area contributed by atoms with Gasteiger partial charge in [0.2, 0.25) is 5.91 Å². The Morgan fingerprint density at radius 1 is 0.971 bits per heavy atom. The molecule has 0 aliphatic carbocycles. The number of ketones is 1. The van der Waals surface area contributed by atoms with Gasteiger partial charge in [0.25, 0.3) is 0 Å². The molecule has 1 aromatic heterocycles. The van der Waals surface area contributed by atoms with Crippen molar-refractivity contribution in [3.8, 4) is 0 Å². The number of hydrogen-bond acceptors (Lipinski definition) is 3. The molecule has 0 fully saturated rings. The Balaban J connectivity index is 1.59. The fourth-order valence-corrected chi connectivity index (χ4v) is 4.98. The zero-order valence-corrected chi connectivity index (χ0v) is 21.7. The Hall–Kier alpha value is -3.31. The summed E-state index contributed by atoms with van der Waals surface area (Å²) >= 11 is 4.58. The molecule has 4 rings (SSSR count). The zero-order chi connectivity index (χ0) is 25.1. The van der Waals surface area contributed by atoms with Crippen LogP contribution in [0.3, 0.4) is 0 Å². The molecule has 0 aliphatic rings. The molecule has 3 aromatic carbocycles. The van der Waals surface area contributed by atoms with Gasteiger partial charge in [0.15, 0.2) is 0 Å². The molecule has 0 saturated carbocycles. The summed E-state index contributed by atoms with van der Waals surface area (Å²) in [6.45, 7) is 6.04. The van der Waals surface area contributed by atoms with E-state index in [1.54, 1.807) is 11.9 Å². The Morgan fingerprint density at radius 2 is 1.66 bits per heavy atom. The Kier molecular flexibility index (Phi) is 7.46. The van der Waals surface area contributed by atoms with E-state index in [-0.39, 0.29) is 18.1 Å². The molecule has 0 bridgehead atoms. The van der Waals surface area contributed by atoms with E-state index >= 15 is 0 Å². The SMILES string of the molecule is Cc1cc(N(C)C(=O)[C@@H](CC(=O)Cc2c(C)[nH]c3ccccc23)Cc2ccccc2)cc(S)c1C. The molecular weight excluding hydrogens is 452 g/mol. The third kappa shape index (κ3) is 5.51. The number of nitrogens with one attached hydrogen (secondary N) is 1. The fourth-order valence-electron chi connectivity index (χ4n) is 4.67. The first-order valence-corrected chi connectivity index (χ1v) is 12.4. The van der Waals surface area contributed by atoms with Crippen molar-refractivity contribution in [2.45, 2.75) is 44.9 Å². The predicted molar refractivity (Wildman–Crippen MR) is 147 cm³/mol. The minimum Gasteiger partial charge on any atom is -0.358 e. The quantitative estimate of drug-likeness (QED) is 0.284. The van der Waals surface area contributed by atoms with Crippen molar-refractivity contribution in [2.24, 2.45) is 5.92 Å². The van der Waals surface area contributed by atoms with Gasteiger partial charge < -0.3 is 9.88 Å². The smallest absolute Gasteiger partial charge is 0.230 e. The maximum atomic E-state index is 13.7. The van der Waals surface area contributed by atoms with E-state index in [0.717, 1.165) is 49.4 Å². The summed E-state index contributed by atoms with van der Waals surface area (Å²) < 4.78 is 0. The minimum atomic E-state index is -0.453. The standard InChI is InChI=1S/C30H32N2O2S/c1-19-14-24(17-29(35)20(19)2)32(4)30(34)23(15-22-10-6-5-7-11-22)16-25(33)18-27-21(3)31-28-13-9-8-12-26(27)28/h5-14,17,23,31,35H,15-16,18H2,1-4H3/t23-/m1/s1. The highest BCUT2D eigenvalue weighted by atomic mass is 32.1. The lowest BCUT2D eigenvalue weighted by Crippen LogP contribution is -2.35. The first kappa shape index (κ1) is 24.8. The fraction of sp³-hybridized carbons (Fsp3) is 0.267. The van der Waals surface area contributed by atoms with Crippen LogP contribution in [0.25, 0.3) is 10.9 Å². The van der Waals surface area contributed by atoms with Gasteiger partial charge in [-0.05, 0) is 67.6 Å². The van der Waals surface area contributed by atoms with Gasteiger partial charge in [-0.15, -0.1) is 12.6 Å². The zero-order valence-electron chi connectivity index (χ0n) is 20.8. The van der Waals surface area contributed by atoms with Gasteiger partial charge in [-0.1, -0.05) is 48.5 Å². The number of aryl methyl sites for hydroxylation is 2. The van der Waals surface area contributed by atoms with E-state index in [2.05, 4.69) is 17.6 Å². The van der Waals surface area contributed by atoms with Crippen molar-refractivity contribution in [1.82, 2.24) is 4.98 Å². The highest BCUT2D eigenvalue weighted by Gasteiger charge is 2.27. The lowest BCUT2D eigenvalue weighted by Gasteiger charge is -2.25. The van der Waals surface area contributed by atoms with Gasteiger partial charge in [-0.2, -0.15) is 0 Å². The van der Waals surface area contributed by atoms with Crippen molar-refractivity contribution in [1.29, 1.82) is 0 Å². The highest BCUT2D eigenvalue weighted by Crippen LogP contribution is 2.28. The monoisotopic (exact) mass is 484 g/mol. The molecule has 1 amide bonds. The van der Waals surface area contributed by atoms with Crippen molar-refractivity contribution >= 4 is 40.9 Å². The molecule has 0 unspecified atom stereocenters. The topological polar surface area (TPSA) is 53.2 Å². The molecule has 1 heterocycles. The molecular formula is C30H32N2O2S. The number of carbonyl (C=O) groups excluding carboxylic acids is 2. The van der Waals surface area contributed by atoms with Crippen LogP contribution in [0.2, 0.25) is 0 Å². The number of anilines is 1. The lowest BCUT2D eigenvalue weighted by atomic mass is 9.90. The van der Waals surface area contributed by atoms with Crippen molar-refractivity contribution in [3.05, 3.63) is 94.7 Å². The Bertz CT molecular complexity index is 1350. The van der Waals surface area contributed by atoms with Gasteiger partial charge in [0.05, 0.1) is 0 Å².